The van der Waals surface area contributed by atoms with Crippen molar-refractivity contribution in [1.29, 1.82) is 0 Å². The Morgan fingerprint density at radius 1 is 0.885 bits per heavy atom. The van der Waals surface area contributed by atoms with Gasteiger partial charge in [-0.05, 0) is 41.5 Å². The maximum absolute atomic E-state index is 12.0. The zero-order chi connectivity index (χ0) is 19.0. The van der Waals surface area contributed by atoms with Crippen LogP contribution in [0.4, 0.5) is 5.69 Å². The number of hydrogen-bond donors (Lipinski definition) is 2. The third kappa shape index (κ3) is 6.71. The zero-order valence-electron chi connectivity index (χ0n) is 15.8. The number of rotatable bonds is 7. The summed E-state index contributed by atoms with van der Waals surface area (Å²) in [7, 11) is 0. The van der Waals surface area contributed by atoms with Crippen molar-refractivity contribution in [2.45, 2.75) is 45.4 Å². The van der Waals surface area contributed by atoms with Gasteiger partial charge in [0.05, 0.1) is 0 Å². The standard InChI is InChI=1S/C22H28N2O2/c1-22(2,3)18-11-13-19(14-12-18)24-21(26)16-20(25)23-15-7-10-17-8-5-4-6-9-17/h4-6,8-9,11-14H,7,10,15-16H2,1-3H3,(H,23,25)(H,24,26). The fraction of sp³-hybridized carbons (Fsp3) is 0.364. The van der Waals surface area contributed by atoms with Gasteiger partial charge in [0.15, 0.2) is 0 Å². The quantitative estimate of drug-likeness (QED) is 0.583. The number of benzene rings is 2. The van der Waals surface area contributed by atoms with Gasteiger partial charge in [-0.25, -0.2) is 0 Å². The van der Waals surface area contributed by atoms with E-state index in [1.165, 1.54) is 11.1 Å². The molecule has 4 heteroatoms. The summed E-state index contributed by atoms with van der Waals surface area (Å²) in [5.41, 5.74) is 3.23. The molecule has 0 bridgehead atoms. The first-order valence-corrected chi connectivity index (χ1v) is 9.05. The van der Waals surface area contributed by atoms with Crippen molar-refractivity contribution in [2.24, 2.45) is 0 Å². The van der Waals surface area contributed by atoms with Gasteiger partial charge in [-0.2, -0.15) is 0 Å². The molecule has 0 saturated heterocycles. The Hall–Kier alpha value is -2.62. The molecule has 0 aromatic heterocycles. The van der Waals surface area contributed by atoms with Crippen LogP contribution in [0.25, 0.3) is 0 Å². The van der Waals surface area contributed by atoms with Crippen LogP contribution < -0.4 is 10.6 Å². The van der Waals surface area contributed by atoms with Crippen LogP contribution in [0.3, 0.4) is 0 Å². The van der Waals surface area contributed by atoms with E-state index >= 15 is 0 Å². The van der Waals surface area contributed by atoms with E-state index in [-0.39, 0.29) is 23.7 Å². The second-order valence-electron chi connectivity index (χ2n) is 7.49. The van der Waals surface area contributed by atoms with Crippen LogP contribution in [0.15, 0.2) is 54.6 Å². The van der Waals surface area contributed by atoms with Gasteiger partial charge in [0, 0.05) is 12.2 Å². The van der Waals surface area contributed by atoms with Crippen molar-refractivity contribution < 1.29 is 9.59 Å². The summed E-state index contributed by atoms with van der Waals surface area (Å²) in [6.07, 6.45) is 1.60. The molecule has 4 nitrogen and oxygen atoms in total. The third-order valence-electron chi connectivity index (χ3n) is 4.16. The molecule has 0 aliphatic carbocycles. The van der Waals surface area contributed by atoms with Crippen LogP contribution >= 0.6 is 0 Å². The van der Waals surface area contributed by atoms with E-state index in [9.17, 15) is 9.59 Å². The van der Waals surface area contributed by atoms with Crippen LogP contribution in [0.2, 0.25) is 0 Å². The zero-order valence-corrected chi connectivity index (χ0v) is 15.8. The van der Waals surface area contributed by atoms with E-state index < -0.39 is 0 Å². The molecule has 2 aromatic rings. The number of hydrogen-bond acceptors (Lipinski definition) is 2. The molecule has 0 saturated carbocycles. The van der Waals surface area contributed by atoms with E-state index in [0.717, 1.165) is 12.8 Å². The highest BCUT2D eigenvalue weighted by Gasteiger charge is 2.14. The van der Waals surface area contributed by atoms with Crippen molar-refractivity contribution in [3.8, 4) is 0 Å². The van der Waals surface area contributed by atoms with Gasteiger partial charge >= 0.3 is 0 Å². The maximum Gasteiger partial charge on any atom is 0.233 e. The van der Waals surface area contributed by atoms with Crippen LogP contribution in [0, 0.1) is 0 Å². The molecule has 0 atom stereocenters. The fourth-order valence-electron chi connectivity index (χ4n) is 2.63. The molecule has 0 unspecified atom stereocenters. The highest BCUT2D eigenvalue weighted by molar-refractivity contribution is 6.03. The van der Waals surface area contributed by atoms with Gasteiger partial charge in [-0.3, -0.25) is 9.59 Å². The molecule has 138 valence electrons. The predicted octanol–water partition coefficient (Wildman–Crippen LogP) is 4.06. The normalized spacial score (nSPS) is 11.0. The van der Waals surface area contributed by atoms with Gasteiger partial charge < -0.3 is 10.6 Å². The topological polar surface area (TPSA) is 58.2 Å². The minimum absolute atomic E-state index is 0.0716. The van der Waals surface area contributed by atoms with E-state index in [2.05, 4.69) is 43.5 Å². The Bertz CT molecular complexity index is 716. The van der Waals surface area contributed by atoms with Gasteiger partial charge in [-0.15, -0.1) is 0 Å². The third-order valence-corrected chi connectivity index (χ3v) is 4.16. The molecule has 26 heavy (non-hydrogen) atoms. The molecule has 0 radical (unpaired) electrons. The van der Waals surface area contributed by atoms with Crippen molar-refractivity contribution in [1.82, 2.24) is 5.32 Å². The SMILES string of the molecule is CC(C)(C)c1ccc(NC(=O)CC(=O)NCCCc2ccccc2)cc1. The summed E-state index contributed by atoms with van der Waals surface area (Å²) in [5.74, 6) is -0.545. The summed E-state index contributed by atoms with van der Waals surface area (Å²) < 4.78 is 0. The molecule has 0 aliphatic heterocycles. The Kier molecular flexibility index (Phi) is 6.96. The number of nitrogens with one attached hydrogen (secondary N) is 2. The molecular weight excluding hydrogens is 324 g/mol. The van der Waals surface area contributed by atoms with Gasteiger partial charge in [0.25, 0.3) is 0 Å². The summed E-state index contributed by atoms with van der Waals surface area (Å²) in [5, 5.41) is 5.57. The fourth-order valence-corrected chi connectivity index (χ4v) is 2.63. The van der Waals surface area contributed by atoms with Gasteiger partial charge in [0.1, 0.15) is 6.42 Å². The molecule has 0 fully saturated rings. The Morgan fingerprint density at radius 3 is 2.15 bits per heavy atom. The van der Waals surface area contributed by atoms with E-state index in [0.29, 0.717) is 12.2 Å². The summed E-state index contributed by atoms with van der Waals surface area (Å²) >= 11 is 0. The molecule has 2 amide bonds. The highest BCUT2D eigenvalue weighted by Crippen LogP contribution is 2.23. The molecule has 0 spiro atoms. The van der Waals surface area contributed by atoms with Crippen molar-refractivity contribution >= 4 is 17.5 Å². The van der Waals surface area contributed by atoms with Crippen molar-refractivity contribution in [3.05, 3.63) is 65.7 Å². The average molecular weight is 352 g/mol. The first-order chi connectivity index (χ1) is 12.3. The highest BCUT2D eigenvalue weighted by atomic mass is 16.2. The first-order valence-electron chi connectivity index (χ1n) is 9.05. The van der Waals surface area contributed by atoms with Gasteiger partial charge in [-0.1, -0.05) is 63.2 Å². The second-order valence-corrected chi connectivity index (χ2v) is 7.49. The summed E-state index contributed by atoms with van der Waals surface area (Å²) in [6.45, 7) is 7.00. The lowest BCUT2D eigenvalue weighted by molar-refractivity contribution is -0.126. The number of amides is 2. The predicted molar refractivity (Wildman–Crippen MR) is 106 cm³/mol. The lowest BCUT2D eigenvalue weighted by atomic mass is 9.87. The molecule has 2 rings (SSSR count). The van der Waals surface area contributed by atoms with Crippen LogP contribution in [-0.4, -0.2) is 18.4 Å². The average Bonchev–Trinajstić information content (AvgIpc) is 2.59. The lowest BCUT2D eigenvalue weighted by Crippen LogP contribution is -2.29. The van der Waals surface area contributed by atoms with E-state index in [1.807, 2.05) is 42.5 Å². The minimum Gasteiger partial charge on any atom is -0.356 e. The Morgan fingerprint density at radius 2 is 1.54 bits per heavy atom. The second kappa shape index (κ2) is 9.18. The molecule has 0 heterocycles. The molecule has 0 aliphatic rings. The van der Waals surface area contributed by atoms with Crippen LogP contribution in [0.5, 0.6) is 0 Å². The van der Waals surface area contributed by atoms with Crippen molar-refractivity contribution in [2.75, 3.05) is 11.9 Å². The van der Waals surface area contributed by atoms with Crippen LogP contribution in [0.1, 0.15) is 44.7 Å². The van der Waals surface area contributed by atoms with E-state index in [1.54, 1.807) is 0 Å². The smallest absolute Gasteiger partial charge is 0.233 e. The molecular formula is C22H28N2O2. The number of anilines is 1. The Labute approximate surface area is 156 Å². The molecule has 2 aromatic carbocycles. The first kappa shape index (κ1) is 19.7. The number of carbonyl (C=O) groups excluding carboxylic acids is 2. The summed E-state index contributed by atoms with van der Waals surface area (Å²) in [4.78, 5) is 23.9. The molecule has 2 N–H and O–H groups in total. The largest absolute Gasteiger partial charge is 0.356 e. The maximum atomic E-state index is 12.0. The van der Waals surface area contributed by atoms with Crippen molar-refractivity contribution in [3.63, 3.8) is 0 Å². The minimum atomic E-state index is -0.297. The summed E-state index contributed by atoms with van der Waals surface area (Å²) in [6, 6.07) is 17.9. The van der Waals surface area contributed by atoms with Gasteiger partial charge in [0.2, 0.25) is 11.8 Å². The lowest BCUT2D eigenvalue weighted by Gasteiger charge is -2.19. The Balaban J connectivity index is 1.69. The number of carbonyl (C=O) groups is 2. The van der Waals surface area contributed by atoms with Crippen LogP contribution in [-0.2, 0) is 21.4 Å². The number of aryl methyl sites for hydroxylation is 1. The van der Waals surface area contributed by atoms with E-state index in [4.69, 9.17) is 0 Å². The monoisotopic (exact) mass is 352 g/mol.